The summed E-state index contributed by atoms with van der Waals surface area (Å²) in [5.41, 5.74) is 5.19. The second-order valence-electron chi connectivity index (χ2n) is 5.78. The highest BCUT2D eigenvalue weighted by Crippen LogP contribution is 2.24. The Bertz CT molecular complexity index is 319. The Balaban J connectivity index is 0.00000400. The third kappa shape index (κ3) is 5.83. The van der Waals surface area contributed by atoms with Crippen molar-refractivity contribution in [1.82, 2.24) is 10.6 Å². The van der Waals surface area contributed by atoms with Crippen molar-refractivity contribution in [2.45, 2.75) is 64.8 Å². The molecule has 4 N–H and O–H groups in total. The largest absolute Gasteiger partial charge is 0.352 e. The molecule has 5 nitrogen and oxygen atoms in total. The average Bonchev–Trinajstić information content (AvgIpc) is 2.48. The summed E-state index contributed by atoms with van der Waals surface area (Å²) in [6, 6.07) is 0.282. The second-order valence-corrected chi connectivity index (χ2v) is 5.78. The van der Waals surface area contributed by atoms with Gasteiger partial charge in [0, 0.05) is 12.6 Å². The Morgan fingerprint density at radius 2 is 1.71 bits per heavy atom. The Labute approximate surface area is 134 Å². The molecule has 124 valence electrons. The summed E-state index contributed by atoms with van der Waals surface area (Å²) in [5, 5.41) is 5.73. The molecule has 0 bridgehead atoms. The SMILES string of the molecule is CCC(CC)(CN)C(=O)NCC(=O)NC1CCCCC1.Cl. The Morgan fingerprint density at radius 1 is 1.14 bits per heavy atom. The molecule has 1 aliphatic rings. The van der Waals surface area contributed by atoms with Crippen molar-refractivity contribution >= 4 is 24.2 Å². The number of nitrogens with two attached hydrogens (primary N) is 1. The van der Waals surface area contributed by atoms with Crippen LogP contribution in [0.4, 0.5) is 0 Å². The Kier molecular flexibility index (Phi) is 9.62. The molecule has 0 radical (unpaired) electrons. The molecule has 1 fully saturated rings. The van der Waals surface area contributed by atoms with Gasteiger partial charge in [0.1, 0.15) is 0 Å². The number of amides is 2. The zero-order valence-electron chi connectivity index (χ0n) is 13.2. The molecule has 21 heavy (non-hydrogen) atoms. The lowest BCUT2D eigenvalue weighted by molar-refractivity contribution is -0.133. The molecule has 0 saturated heterocycles. The number of rotatable bonds is 7. The lowest BCUT2D eigenvalue weighted by Crippen LogP contribution is -2.49. The third-order valence-electron chi connectivity index (χ3n) is 4.61. The van der Waals surface area contributed by atoms with Crippen molar-refractivity contribution in [2.24, 2.45) is 11.1 Å². The molecule has 6 heteroatoms. The third-order valence-corrected chi connectivity index (χ3v) is 4.61. The molecule has 0 aromatic rings. The molecule has 0 spiro atoms. The van der Waals surface area contributed by atoms with E-state index in [1.54, 1.807) is 0 Å². The molecule has 0 heterocycles. The molecule has 0 unspecified atom stereocenters. The first-order valence-corrected chi connectivity index (χ1v) is 7.85. The fourth-order valence-corrected chi connectivity index (χ4v) is 2.83. The molecule has 0 atom stereocenters. The van der Waals surface area contributed by atoms with E-state index in [2.05, 4.69) is 10.6 Å². The van der Waals surface area contributed by atoms with Crippen LogP contribution >= 0.6 is 12.4 Å². The number of nitrogens with one attached hydrogen (secondary N) is 2. The van der Waals surface area contributed by atoms with Crippen LogP contribution in [0.5, 0.6) is 0 Å². The minimum absolute atomic E-state index is 0. The van der Waals surface area contributed by atoms with E-state index in [4.69, 9.17) is 5.73 Å². The Hall–Kier alpha value is -0.810. The van der Waals surface area contributed by atoms with Crippen LogP contribution in [0, 0.1) is 5.41 Å². The van der Waals surface area contributed by atoms with E-state index in [1.165, 1.54) is 19.3 Å². The highest BCUT2D eigenvalue weighted by molar-refractivity contribution is 5.88. The molecule has 0 aromatic carbocycles. The summed E-state index contributed by atoms with van der Waals surface area (Å²) in [7, 11) is 0. The van der Waals surface area contributed by atoms with Crippen molar-refractivity contribution in [3.8, 4) is 0 Å². The first kappa shape index (κ1) is 20.2. The van der Waals surface area contributed by atoms with Gasteiger partial charge in [0.05, 0.1) is 12.0 Å². The van der Waals surface area contributed by atoms with Gasteiger partial charge in [0.2, 0.25) is 11.8 Å². The predicted molar refractivity (Wildman–Crippen MR) is 87.3 cm³/mol. The quantitative estimate of drug-likeness (QED) is 0.668. The topological polar surface area (TPSA) is 84.2 Å². The molecule has 0 aromatic heterocycles. The van der Waals surface area contributed by atoms with Crippen molar-refractivity contribution in [1.29, 1.82) is 0 Å². The van der Waals surface area contributed by atoms with E-state index >= 15 is 0 Å². The van der Waals surface area contributed by atoms with E-state index < -0.39 is 5.41 Å². The maximum Gasteiger partial charge on any atom is 0.239 e. The van der Waals surface area contributed by atoms with E-state index in [9.17, 15) is 9.59 Å². The van der Waals surface area contributed by atoms with Gasteiger partial charge in [-0.2, -0.15) is 0 Å². The van der Waals surface area contributed by atoms with Crippen molar-refractivity contribution in [3.05, 3.63) is 0 Å². The van der Waals surface area contributed by atoms with Gasteiger partial charge in [-0.25, -0.2) is 0 Å². The van der Waals surface area contributed by atoms with Crippen LogP contribution in [0.25, 0.3) is 0 Å². The molecular weight excluding hydrogens is 290 g/mol. The van der Waals surface area contributed by atoms with E-state index in [1.807, 2.05) is 13.8 Å². The van der Waals surface area contributed by atoms with Crippen molar-refractivity contribution < 1.29 is 9.59 Å². The minimum atomic E-state index is -0.537. The molecule has 1 saturated carbocycles. The molecular formula is C15H30ClN3O2. The van der Waals surface area contributed by atoms with Gasteiger partial charge in [-0.1, -0.05) is 33.1 Å². The predicted octanol–water partition coefficient (Wildman–Crippen LogP) is 1.74. The Morgan fingerprint density at radius 3 is 2.19 bits per heavy atom. The fraction of sp³-hybridized carbons (Fsp3) is 0.867. The number of halogens is 1. The van der Waals surface area contributed by atoms with Gasteiger partial charge in [-0.15, -0.1) is 12.4 Å². The summed E-state index contributed by atoms with van der Waals surface area (Å²) in [6.07, 6.45) is 7.10. The van der Waals surface area contributed by atoms with E-state index in [-0.39, 0.29) is 36.8 Å². The van der Waals surface area contributed by atoms with Crippen LogP contribution in [0.3, 0.4) is 0 Å². The molecule has 0 aliphatic heterocycles. The van der Waals surface area contributed by atoms with Crippen LogP contribution < -0.4 is 16.4 Å². The standard InChI is InChI=1S/C15H29N3O2.ClH/c1-3-15(4-2,11-16)14(20)17-10-13(19)18-12-8-6-5-7-9-12;/h12H,3-11,16H2,1-2H3,(H,17,20)(H,18,19);1H. The zero-order valence-corrected chi connectivity index (χ0v) is 14.1. The lowest BCUT2D eigenvalue weighted by atomic mass is 9.81. The first-order valence-electron chi connectivity index (χ1n) is 7.85. The summed E-state index contributed by atoms with van der Waals surface area (Å²) in [6.45, 7) is 4.28. The van der Waals surface area contributed by atoms with Crippen LogP contribution in [0.15, 0.2) is 0 Å². The normalized spacial score (nSPS) is 16.0. The average molecular weight is 320 g/mol. The van der Waals surface area contributed by atoms with Gasteiger partial charge in [0.15, 0.2) is 0 Å². The summed E-state index contributed by atoms with van der Waals surface area (Å²) < 4.78 is 0. The van der Waals surface area contributed by atoms with Gasteiger partial charge in [-0.3, -0.25) is 9.59 Å². The molecule has 1 aliphatic carbocycles. The maximum absolute atomic E-state index is 12.2. The van der Waals surface area contributed by atoms with Crippen LogP contribution in [-0.4, -0.2) is 30.9 Å². The van der Waals surface area contributed by atoms with Gasteiger partial charge in [0.25, 0.3) is 0 Å². The maximum atomic E-state index is 12.2. The second kappa shape index (κ2) is 10.0. The van der Waals surface area contributed by atoms with E-state index in [0.29, 0.717) is 19.4 Å². The summed E-state index contributed by atoms with van der Waals surface area (Å²) in [4.78, 5) is 24.0. The summed E-state index contributed by atoms with van der Waals surface area (Å²) >= 11 is 0. The smallest absolute Gasteiger partial charge is 0.239 e. The summed E-state index contributed by atoms with van der Waals surface area (Å²) in [5.74, 6) is -0.202. The monoisotopic (exact) mass is 319 g/mol. The number of carbonyl (C=O) groups is 2. The molecule has 2 amide bonds. The van der Waals surface area contributed by atoms with Crippen molar-refractivity contribution in [3.63, 3.8) is 0 Å². The number of hydrogen-bond donors (Lipinski definition) is 3. The fourth-order valence-electron chi connectivity index (χ4n) is 2.83. The highest BCUT2D eigenvalue weighted by Gasteiger charge is 2.33. The lowest BCUT2D eigenvalue weighted by Gasteiger charge is -2.28. The van der Waals surface area contributed by atoms with Crippen LogP contribution in [0.2, 0.25) is 0 Å². The minimum Gasteiger partial charge on any atom is -0.352 e. The highest BCUT2D eigenvalue weighted by atomic mass is 35.5. The van der Waals surface area contributed by atoms with Crippen molar-refractivity contribution in [2.75, 3.05) is 13.1 Å². The van der Waals surface area contributed by atoms with E-state index in [0.717, 1.165) is 12.8 Å². The zero-order chi connectivity index (χ0) is 15.0. The van der Waals surface area contributed by atoms with Gasteiger partial charge in [-0.05, 0) is 25.7 Å². The number of hydrogen-bond acceptors (Lipinski definition) is 3. The van der Waals surface area contributed by atoms with Crippen LogP contribution in [-0.2, 0) is 9.59 Å². The number of carbonyl (C=O) groups excluding carboxylic acids is 2. The first-order chi connectivity index (χ1) is 9.57. The van der Waals surface area contributed by atoms with Gasteiger partial charge >= 0.3 is 0 Å². The molecule has 1 rings (SSSR count). The van der Waals surface area contributed by atoms with Crippen LogP contribution in [0.1, 0.15) is 58.8 Å². The van der Waals surface area contributed by atoms with Gasteiger partial charge < -0.3 is 16.4 Å².